The summed E-state index contributed by atoms with van der Waals surface area (Å²) in [5.41, 5.74) is 0. The molecule has 4 atom stereocenters. The van der Waals surface area contributed by atoms with Crippen molar-refractivity contribution in [3.8, 4) is 0 Å². The molecule has 3 aliphatic rings. The first-order valence-electron chi connectivity index (χ1n) is 8.20. The van der Waals surface area contributed by atoms with E-state index < -0.39 is 35.1 Å². The van der Waals surface area contributed by atoms with E-state index in [9.17, 15) is 9.59 Å². The van der Waals surface area contributed by atoms with Crippen molar-refractivity contribution in [2.75, 3.05) is 11.0 Å². The average Bonchev–Trinajstić information content (AvgIpc) is 2.90. The van der Waals surface area contributed by atoms with Gasteiger partial charge in [-0.1, -0.05) is 0 Å². The number of halogens is 1. The zero-order valence-electron chi connectivity index (χ0n) is 14.0. The molecule has 0 unspecified atom stereocenters. The molecule has 0 spiro atoms. The number of Topliss-reactive ketones (excluding diaryl/α,β-unsaturated/α-hetero) is 1. The molecule has 0 bridgehead atoms. The van der Waals surface area contributed by atoms with Crippen LogP contribution in [0.15, 0.2) is 30.3 Å². The quantitative estimate of drug-likeness (QED) is 0.310. The van der Waals surface area contributed by atoms with Crippen LogP contribution in [0.5, 0.6) is 0 Å². The third-order valence-corrected chi connectivity index (χ3v) is 12.8. The molecule has 0 radical (unpaired) electrons. The topological polar surface area (TPSA) is 61.8 Å². The summed E-state index contributed by atoms with van der Waals surface area (Å²) >= 11 is -2.05. The Morgan fingerprint density at radius 1 is 1.29 bits per heavy atom. The monoisotopic (exact) mass is 444 g/mol. The third kappa shape index (κ3) is 2.05. The summed E-state index contributed by atoms with van der Waals surface area (Å²) in [5.74, 6) is -1.35. The Balaban J connectivity index is 1.75. The van der Waals surface area contributed by atoms with Gasteiger partial charge in [0.05, 0.1) is 0 Å². The molecule has 0 amide bonds. The molecule has 130 valence electrons. The van der Waals surface area contributed by atoms with Crippen molar-refractivity contribution in [3.63, 3.8) is 0 Å². The van der Waals surface area contributed by atoms with E-state index in [2.05, 4.69) is 0 Å². The first kappa shape index (κ1) is 16.5. The second-order valence-corrected chi connectivity index (χ2v) is 12.6. The molecule has 0 aromatic heterocycles. The maximum atomic E-state index is 13.3. The number of carbonyl (C=O) groups excluding carboxylic acids is 2. The van der Waals surface area contributed by atoms with Gasteiger partial charge in [0.2, 0.25) is 0 Å². The van der Waals surface area contributed by atoms with Gasteiger partial charge < -0.3 is 0 Å². The van der Waals surface area contributed by atoms with Gasteiger partial charge in [0.1, 0.15) is 0 Å². The molecule has 5 nitrogen and oxygen atoms in total. The van der Waals surface area contributed by atoms with Crippen LogP contribution in [0.1, 0.15) is 20.8 Å². The molecule has 24 heavy (non-hydrogen) atoms. The van der Waals surface area contributed by atoms with E-state index in [-0.39, 0.29) is 30.4 Å². The Morgan fingerprint density at radius 2 is 2.00 bits per heavy atom. The van der Waals surface area contributed by atoms with Crippen molar-refractivity contribution in [2.24, 2.45) is 5.92 Å². The molecular weight excluding hydrogens is 423 g/mol. The van der Waals surface area contributed by atoms with Gasteiger partial charge in [-0.2, -0.15) is 0 Å². The maximum absolute atomic E-state index is 13.3. The van der Waals surface area contributed by atoms with Crippen molar-refractivity contribution in [1.82, 2.24) is 0 Å². The number of rotatable bonds is 3. The number of carbonyl (C=O) groups is 2. The van der Waals surface area contributed by atoms with Gasteiger partial charge in [0.25, 0.3) is 0 Å². The number of alkyl halides is 2. The molecule has 2 heterocycles. The van der Waals surface area contributed by atoms with Gasteiger partial charge in [-0.3, -0.25) is 0 Å². The predicted molar refractivity (Wildman–Crippen MR) is 95.7 cm³/mol. The molecule has 2 saturated heterocycles. The van der Waals surface area contributed by atoms with Gasteiger partial charge in [0.15, 0.2) is 0 Å². The summed E-state index contributed by atoms with van der Waals surface area (Å²) in [6.45, 7) is 5.69. The first-order valence-corrected chi connectivity index (χ1v) is 11.9. The molecule has 1 aromatic rings. The van der Waals surface area contributed by atoms with Gasteiger partial charge in [0, 0.05) is 0 Å². The number of ketones is 1. The van der Waals surface area contributed by atoms with Gasteiger partial charge >= 0.3 is 148 Å². The molecule has 4 rings (SSSR count). The fourth-order valence-corrected chi connectivity index (χ4v) is 12.0. The van der Waals surface area contributed by atoms with E-state index in [0.29, 0.717) is 0 Å². The van der Waals surface area contributed by atoms with Crippen LogP contribution in [0.3, 0.4) is 0 Å². The zero-order valence-corrected chi connectivity index (χ0v) is 16.1. The summed E-state index contributed by atoms with van der Waals surface area (Å²) in [6, 6.07) is 9.96. The van der Waals surface area contributed by atoms with E-state index in [1.165, 1.54) is 0 Å². The number of esters is 1. The molecule has 3 fully saturated rings. The van der Waals surface area contributed by atoms with Crippen LogP contribution >= 0.6 is 19.8 Å². The second-order valence-electron chi connectivity index (χ2n) is 6.74. The normalized spacial score (nSPS) is 37.5. The summed E-state index contributed by atoms with van der Waals surface area (Å²) in [4.78, 5) is 26.2. The molecule has 6 heteroatoms. The van der Waals surface area contributed by atoms with Crippen LogP contribution in [-0.4, -0.2) is 44.2 Å². The van der Waals surface area contributed by atoms with Gasteiger partial charge in [-0.15, -0.1) is 0 Å². The number of hydrogen-bond donors (Lipinski definition) is 0. The summed E-state index contributed by atoms with van der Waals surface area (Å²) in [6.07, 6.45) is -0.963. The molecular formula is C18H21IO5. The Labute approximate surface area is 148 Å². The number of fused-ring (bicyclic) bond motifs is 3. The number of benzene rings is 1. The minimum absolute atomic E-state index is 0.109. The fraction of sp³-hybridized carbons (Fsp3) is 0.556. The Kier molecular flexibility index (Phi) is 3.78. The van der Waals surface area contributed by atoms with Crippen molar-refractivity contribution in [1.29, 1.82) is 0 Å². The molecule has 1 saturated carbocycles. The number of hydrogen-bond acceptors (Lipinski definition) is 5. The summed E-state index contributed by atoms with van der Waals surface area (Å²) < 4.78 is 18.2. The SMILES string of the molecule is CCOC(=O)[C@@]12C(=O)[C@@H]3OC(C)(C)O[C@@H]3[C@@H]1CI2c1ccccc1. The molecule has 1 aromatic carbocycles. The zero-order chi connectivity index (χ0) is 17.1. The van der Waals surface area contributed by atoms with Crippen LogP contribution in [-0.2, 0) is 23.8 Å². The third-order valence-electron chi connectivity index (χ3n) is 4.90. The molecule has 0 N–H and O–H groups in total. The van der Waals surface area contributed by atoms with Crippen molar-refractivity contribution < 1.29 is 23.8 Å². The molecule has 2 aliphatic heterocycles. The van der Waals surface area contributed by atoms with Gasteiger partial charge in [-0.05, 0) is 0 Å². The van der Waals surface area contributed by atoms with Crippen LogP contribution in [0.2, 0.25) is 0 Å². The minimum atomic E-state index is -2.05. The fourth-order valence-electron chi connectivity index (χ4n) is 3.99. The summed E-state index contributed by atoms with van der Waals surface area (Å²) in [7, 11) is 0. The average molecular weight is 444 g/mol. The summed E-state index contributed by atoms with van der Waals surface area (Å²) in [5, 5.41) is 0. The Bertz CT molecular complexity index is 688. The van der Waals surface area contributed by atoms with E-state index in [4.69, 9.17) is 14.2 Å². The van der Waals surface area contributed by atoms with Crippen molar-refractivity contribution in [2.45, 2.75) is 42.2 Å². The van der Waals surface area contributed by atoms with Gasteiger partial charge in [-0.25, -0.2) is 0 Å². The van der Waals surface area contributed by atoms with Crippen molar-refractivity contribution in [3.05, 3.63) is 33.9 Å². The van der Waals surface area contributed by atoms with Crippen LogP contribution in [0, 0.1) is 9.49 Å². The van der Waals surface area contributed by atoms with E-state index in [0.717, 1.165) is 8.00 Å². The van der Waals surface area contributed by atoms with E-state index in [1.54, 1.807) is 6.92 Å². The second kappa shape index (κ2) is 5.51. The standard InChI is InChI=1S/C18H21IO5/c1-4-22-16(21)18-12(10-19(18)11-8-6-5-7-9-11)13-14(15(18)20)24-17(2,3)23-13/h5-9,12-14H,4,10H2,1-3H3/t12-,13+,14+,18-/m0/s1. The number of ether oxygens (including phenoxy) is 3. The van der Waals surface area contributed by atoms with E-state index >= 15 is 0 Å². The molecule has 1 aliphatic carbocycles. The predicted octanol–water partition coefficient (Wildman–Crippen LogP) is 2.40. The Hall–Kier alpha value is -0.990. The van der Waals surface area contributed by atoms with Crippen LogP contribution in [0.25, 0.3) is 0 Å². The van der Waals surface area contributed by atoms with Crippen LogP contribution in [0.4, 0.5) is 0 Å². The Morgan fingerprint density at radius 3 is 2.67 bits per heavy atom. The first-order chi connectivity index (χ1) is 11.4. The van der Waals surface area contributed by atoms with Crippen molar-refractivity contribution >= 4 is 31.6 Å². The van der Waals surface area contributed by atoms with Crippen LogP contribution < -0.4 is 0 Å². The van der Waals surface area contributed by atoms with E-state index in [1.807, 2.05) is 44.2 Å².